The summed E-state index contributed by atoms with van der Waals surface area (Å²) in [6.07, 6.45) is 1.67. The van der Waals surface area contributed by atoms with Crippen LogP contribution in [0.3, 0.4) is 0 Å². The number of fused-ring (bicyclic) bond motifs is 1. The first-order valence-electron chi connectivity index (χ1n) is 7.90. The zero-order valence-corrected chi connectivity index (χ0v) is 14.7. The van der Waals surface area contributed by atoms with Gasteiger partial charge in [0.05, 0.1) is 23.0 Å². The molecule has 0 spiro atoms. The number of benzene rings is 2. The molecule has 0 saturated carbocycles. The molecule has 0 unspecified atom stereocenters. The number of para-hydroxylation sites is 2. The van der Waals surface area contributed by atoms with Gasteiger partial charge in [-0.3, -0.25) is 9.78 Å². The summed E-state index contributed by atoms with van der Waals surface area (Å²) in [6, 6.07) is 15.4. The van der Waals surface area contributed by atoms with Crippen molar-refractivity contribution in [2.75, 3.05) is 19.0 Å². The summed E-state index contributed by atoms with van der Waals surface area (Å²) in [6.45, 7) is 2.56. The molecule has 0 fully saturated rings. The molecule has 5 nitrogen and oxygen atoms in total. The van der Waals surface area contributed by atoms with E-state index in [4.69, 9.17) is 9.47 Å². The second-order valence-corrected chi connectivity index (χ2v) is 6.36. The number of rotatable bonds is 7. The van der Waals surface area contributed by atoms with Crippen molar-refractivity contribution in [2.45, 2.75) is 11.9 Å². The third-order valence-corrected chi connectivity index (χ3v) is 4.27. The van der Waals surface area contributed by atoms with E-state index in [9.17, 15) is 4.79 Å². The second kappa shape index (κ2) is 8.48. The second-order valence-electron chi connectivity index (χ2n) is 5.37. The Kier molecular flexibility index (Phi) is 5.85. The number of carbonyl (C=O) groups is 1. The minimum absolute atomic E-state index is 0.192. The minimum atomic E-state index is -0.299. The van der Waals surface area contributed by atoms with Gasteiger partial charge in [-0.15, -0.1) is 0 Å². The lowest BCUT2D eigenvalue weighted by atomic mass is 10.2. The van der Waals surface area contributed by atoms with E-state index in [2.05, 4.69) is 9.97 Å². The van der Waals surface area contributed by atoms with Gasteiger partial charge in [0.1, 0.15) is 24.0 Å². The summed E-state index contributed by atoms with van der Waals surface area (Å²) in [5, 5.41) is 0.701. The van der Waals surface area contributed by atoms with Gasteiger partial charge in [-0.1, -0.05) is 41.6 Å². The van der Waals surface area contributed by atoms with Crippen LogP contribution >= 0.6 is 11.8 Å². The highest BCUT2D eigenvalue weighted by Gasteiger charge is 2.06. The van der Waals surface area contributed by atoms with Crippen molar-refractivity contribution in [3.63, 3.8) is 0 Å². The van der Waals surface area contributed by atoms with E-state index in [0.29, 0.717) is 11.6 Å². The number of aryl methyl sites for hydroxylation is 1. The third-order valence-electron chi connectivity index (χ3n) is 3.40. The normalized spacial score (nSPS) is 10.6. The van der Waals surface area contributed by atoms with Gasteiger partial charge in [-0.25, -0.2) is 4.98 Å². The fourth-order valence-corrected chi connectivity index (χ4v) is 2.77. The maximum Gasteiger partial charge on any atom is 0.316 e. The van der Waals surface area contributed by atoms with E-state index in [0.717, 1.165) is 16.8 Å². The Hall–Kier alpha value is -2.60. The molecule has 1 heterocycles. The van der Waals surface area contributed by atoms with Crippen LogP contribution in [0, 0.1) is 6.92 Å². The van der Waals surface area contributed by atoms with Crippen LogP contribution < -0.4 is 4.74 Å². The van der Waals surface area contributed by atoms with Crippen molar-refractivity contribution in [3.05, 3.63) is 60.3 Å². The molecule has 0 aliphatic rings. The molecular formula is C19H18N2O3S. The number of nitrogens with zero attached hydrogens (tertiary/aromatic N) is 2. The predicted molar refractivity (Wildman–Crippen MR) is 97.9 cm³/mol. The van der Waals surface area contributed by atoms with Gasteiger partial charge >= 0.3 is 5.97 Å². The van der Waals surface area contributed by atoms with E-state index in [-0.39, 0.29) is 18.3 Å². The van der Waals surface area contributed by atoms with Crippen molar-refractivity contribution in [1.82, 2.24) is 9.97 Å². The maximum absolute atomic E-state index is 11.8. The Morgan fingerprint density at radius 1 is 1.04 bits per heavy atom. The van der Waals surface area contributed by atoms with Crippen molar-refractivity contribution in [3.8, 4) is 5.75 Å². The number of carbonyl (C=O) groups excluding carboxylic acids is 1. The largest absolute Gasteiger partial charge is 0.490 e. The molecule has 128 valence electrons. The molecular weight excluding hydrogens is 336 g/mol. The number of hydrogen-bond acceptors (Lipinski definition) is 6. The number of thioether (sulfide) groups is 1. The SMILES string of the molecule is Cc1ccc(OCCOC(=O)CSc2cnc3ccccc3n2)cc1. The molecule has 0 bridgehead atoms. The van der Waals surface area contributed by atoms with Crippen molar-refractivity contribution >= 4 is 28.8 Å². The minimum Gasteiger partial charge on any atom is -0.490 e. The molecule has 6 heteroatoms. The molecule has 0 amide bonds. The third kappa shape index (κ3) is 5.19. The summed E-state index contributed by atoms with van der Waals surface area (Å²) in [7, 11) is 0. The smallest absolute Gasteiger partial charge is 0.316 e. The predicted octanol–water partition coefficient (Wildman–Crippen LogP) is 3.65. The molecule has 0 aliphatic heterocycles. The van der Waals surface area contributed by atoms with Crippen LogP contribution in [-0.2, 0) is 9.53 Å². The van der Waals surface area contributed by atoms with Gasteiger partial charge in [0, 0.05) is 0 Å². The average Bonchev–Trinajstić information content (AvgIpc) is 2.65. The van der Waals surface area contributed by atoms with E-state index < -0.39 is 0 Å². The molecule has 0 N–H and O–H groups in total. The maximum atomic E-state index is 11.8. The number of ether oxygens (including phenoxy) is 2. The summed E-state index contributed by atoms with van der Waals surface area (Å²) in [5.74, 6) is 0.660. The molecule has 1 aromatic heterocycles. The number of esters is 1. The molecule has 0 radical (unpaired) electrons. The average molecular weight is 354 g/mol. The Morgan fingerprint density at radius 3 is 2.60 bits per heavy atom. The van der Waals surface area contributed by atoms with Gasteiger partial charge in [0.25, 0.3) is 0 Å². The molecule has 3 aromatic rings. The molecule has 3 rings (SSSR count). The Balaban J connectivity index is 1.39. The van der Waals surface area contributed by atoms with Crippen LogP contribution in [0.2, 0.25) is 0 Å². The Labute approximate surface area is 150 Å². The molecule has 25 heavy (non-hydrogen) atoms. The van der Waals surface area contributed by atoms with Crippen molar-refractivity contribution < 1.29 is 14.3 Å². The van der Waals surface area contributed by atoms with Crippen molar-refractivity contribution in [1.29, 1.82) is 0 Å². The summed E-state index contributed by atoms with van der Waals surface area (Å²) >= 11 is 1.31. The first-order chi connectivity index (χ1) is 12.2. The van der Waals surface area contributed by atoms with E-state index >= 15 is 0 Å². The van der Waals surface area contributed by atoms with Gasteiger partial charge in [-0.2, -0.15) is 0 Å². The zero-order valence-electron chi connectivity index (χ0n) is 13.8. The summed E-state index contributed by atoms with van der Waals surface area (Å²) < 4.78 is 10.7. The standard InChI is InChI=1S/C19H18N2O3S/c1-14-6-8-15(9-7-14)23-10-11-24-19(22)13-25-18-12-20-16-4-2-3-5-17(16)21-18/h2-9,12H,10-11,13H2,1H3. The lowest BCUT2D eigenvalue weighted by molar-refractivity contribution is -0.141. The van der Waals surface area contributed by atoms with Crippen molar-refractivity contribution in [2.24, 2.45) is 0 Å². The molecule has 0 saturated heterocycles. The van der Waals surface area contributed by atoms with Crippen LogP contribution in [0.1, 0.15) is 5.56 Å². The topological polar surface area (TPSA) is 61.3 Å². The zero-order chi connectivity index (χ0) is 17.5. The van der Waals surface area contributed by atoms with Crippen LogP contribution in [0.5, 0.6) is 5.75 Å². The summed E-state index contributed by atoms with van der Waals surface area (Å²) in [4.78, 5) is 20.6. The molecule has 2 aromatic carbocycles. The Morgan fingerprint density at radius 2 is 1.80 bits per heavy atom. The van der Waals surface area contributed by atoms with Gasteiger partial charge in [0.15, 0.2) is 0 Å². The van der Waals surface area contributed by atoms with E-state index in [1.54, 1.807) is 6.20 Å². The lowest BCUT2D eigenvalue weighted by Gasteiger charge is -2.07. The first kappa shape index (κ1) is 17.2. The van der Waals surface area contributed by atoms with Gasteiger partial charge in [0.2, 0.25) is 0 Å². The van der Waals surface area contributed by atoms with Gasteiger partial charge in [-0.05, 0) is 31.2 Å². The summed E-state index contributed by atoms with van der Waals surface area (Å²) in [5.41, 5.74) is 2.82. The van der Waals surface area contributed by atoms with Gasteiger partial charge < -0.3 is 9.47 Å². The highest BCUT2D eigenvalue weighted by atomic mass is 32.2. The fraction of sp³-hybridized carbons (Fsp3) is 0.211. The molecule has 0 atom stereocenters. The fourth-order valence-electron chi connectivity index (χ4n) is 2.13. The van der Waals surface area contributed by atoms with Crippen LogP contribution in [0.4, 0.5) is 0 Å². The monoisotopic (exact) mass is 354 g/mol. The Bertz CT molecular complexity index is 853. The highest BCUT2D eigenvalue weighted by molar-refractivity contribution is 7.99. The van der Waals surface area contributed by atoms with Crippen LogP contribution in [0.15, 0.2) is 59.8 Å². The van der Waals surface area contributed by atoms with Crippen LogP contribution in [0.25, 0.3) is 11.0 Å². The van der Waals surface area contributed by atoms with Crippen LogP contribution in [-0.4, -0.2) is 34.9 Å². The first-order valence-corrected chi connectivity index (χ1v) is 8.89. The quantitative estimate of drug-likeness (QED) is 0.367. The lowest BCUT2D eigenvalue weighted by Crippen LogP contribution is -2.13. The van der Waals surface area contributed by atoms with E-state index in [1.165, 1.54) is 17.3 Å². The van der Waals surface area contributed by atoms with E-state index in [1.807, 2.05) is 55.5 Å². The molecule has 0 aliphatic carbocycles. The highest BCUT2D eigenvalue weighted by Crippen LogP contribution is 2.18. The number of aromatic nitrogens is 2. The number of hydrogen-bond donors (Lipinski definition) is 0.